The van der Waals surface area contributed by atoms with Gasteiger partial charge in [0.25, 0.3) is 5.56 Å². The predicted octanol–water partition coefficient (Wildman–Crippen LogP) is 2.48. The number of hydrogen-bond acceptors (Lipinski definition) is 5. The summed E-state index contributed by atoms with van der Waals surface area (Å²) in [5.74, 6) is 1.26. The van der Waals surface area contributed by atoms with Crippen LogP contribution < -0.4 is 16.2 Å². The zero-order chi connectivity index (χ0) is 14.3. The van der Waals surface area contributed by atoms with Crippen LogP contribution in [0.15, 0.2) is 9.95 Å². The summed E-state index contributed by atoms with van der Waals surface area (Å²) in [6, 6.07) is 0. The lowest BCUT2D eigenvalue weighted by Crippen LogP contribution is -2.32. The molecule has 0 radical (unpaired) electrons. The van der Waals surface area contributed by atoms with Gasteiger partial charge in [0.2, 0.25) is 0 Å². The van der Waals surface area contributed by atoms with Crippen molar-refractivity contribution in [1.82, 2.24) is 9.97 Å². The highest BCUT2D eigenvalue weighted by Gasteiger charge is 2.15. The molecule has 1 aromatic rings. The molecule has 3 N–H and O–H groups in total. The summed E-state index contributed by atoms with van der Waals surface area (Å²) in [6.07, 6.45) is 2.99. The van der Waals surface area contributed by atoms with E-state index in [1.165, 1.54) is 11.8 Å². The van der Waals surface area contributed by atoms with Crippen molar-refractivity contribution in [2.24, 2.45) is 0 Å². The quantitative estimate of drug-likeness (QED) is 0.566. The summed E-state index contributed by atoms with van der Waals surface area (Å²) in [5.41, 5.74) is 6.36. The van der Waals surface area contributed by atoms with Crippen LogP contribution in [0.4, 0.5) is 11.5 Å². The molecular formula is C13H24N4OS. The summed E-state index contributed by atoms with van der Waals surface area (Å²) >= 11 is 1.53. The van der Waals surface area contributed by atoms with Crippen molar-refractivity contribution in [3.8, 4) is 0 Å². The molecule has 1 aromatic heterocycles. The number of anilines is 2. The number of aromatic nitrogens is 2. The highest BCUT2D eigenvalue weighted by Crippen LogP contribution is 2.20. The van der Waals surface area contributed by atoms with Gasteiger partial charge in [-0.2, -0.15) is 0 Å². The maximum atomic E-state index is 12.2. The van der Waals surface area contributed by atoms with Crippen LogP contribution in [0.2, 0.25) is 0 Å². The van der Waals surface area contributed by atoms with E-state index in [9.17, 15) is 4.79 Å². The standard InChI is InChI=1S/C13H24N4OS/c1-4-7-17(8-5-2)10-11(14)15-13(16-12(10)18)19-9-6-3/h4-9H2,1-3H3,(H3,14,15,16,18). The first-order valence-electron chi connectivity index (χ1n) is 6.91. The van der Waals surface area contributed by atoms with E-state index in [0.29, 0.717) is 16.7 Å². The van der Waals surface area contributed by atoms with E-state index >= 15 is 0 Å². The molecule has 0 fully saturated rings. The van der Waals surface area contributed by atoms with Gasteiger partial charge < -0.3 is 10.6 Å². The molecule has 0 aliphatic carbocycles. The van der Waals surface area contributed by atoms with Gasteiger partial charge in [-0.3, -0.25) is 9.78 Å². The molecule has 1 rings (SSSR count). The van der Waals surface area contributed by atoms with Crippen LogP contribution in [0.25, 0.3) is 0 Å². The van der Waals surface area contributed by atoms with E-state index in [1.54, 1.807) is 0 Å². The summed E-state index contributed by atoms with van der Waals surface area (Å²) < 4.78 is 0. The van der Waals surface area contributed by atoms with E-state index in [-0.39, 0.29) is 5.56 Å². The van der Waals surface area contributed by atoms with Crippen LogP contribution >= 0.6 is 11.8 Å². The maximum absolute atomic E-state index is 12.2. The average Bonchev–Trinajstić information content (AvgIpc) is 2.36. The number of aromatic amines is 1. The smallest absolute Gasteiger partial charge is 0.277 e. The van der Waals surface area contributed by atoms with Gasteiger partial charge >= 0.3 is 0 Å². The van der Waals surface area contributed by atoms with E-state index in [2.05, 4.69) is 30.7 Å². The van der Waals surface area contributed by atoms with Crippen molar-refractivity contribution in [3.63, 3.8) is 0 Å². The third-order valence-electron chi connectivity index (χ3n) is 2.65. The molecule has 0 saturated heterocycles. The van der Waals surface area contributed by atoms with Crippen LogP contribution in [-0.2, 0) is 0 Å². The molecular weight excluding hydrogens is 260 g/mol. The molecule has 19 heavy (non-hydrogen) atoms. The Kier molecular flexibility index (Phi) is 6.77. The Morgan fingerprint density at radius 1 is 1.21 bits per heavy atom. The first kappa shape index (κ1) is 15.9. The second-order valence-corrected chi connectivity index (χ2v) is 5.52. The molecule has 0 atom stereocenters. The van der Waals surface area contributed by atoms with Crippen molar-refractivity contribution in [1.29, 1.82) is 0 Å². The van der Waals surface area contributed by atoms with Gasteiger partial charge in [0.05, 0.1) is 0 Å². The second kappa shape index (κ2) is 8.09. The minimum absolute atomic E-state index is 0.131. The lowest BCUT2D eigenvalue weighted by molar-refractivity contribution is 0.734. The number of nitrogens with zero attached hydrogens (tertiary/aromatic N) is 2. The van der Waals surface area contributed by atoms with Crippen molar-refractivity contribution in [3.05, 3.63) is 10.4 Å². The van der Waals surface area contributed by atoms with Crippen LogP contribution in [0.1, 0.15) is 40.0 Å². The molecule has 0 aliphatic heterocycles. The number of H-pyrrole nitrogens is 1. The first-order chi connectivity index (χ1) is 9.13. The summed E-state index contributed by atoms with van der Waals surface area (Å²) in [5, 5.41) is 0.612. The molecule has 1 heterocycles. The van der Waals surface area contributed by atoms with Gasteiger partial charge in [0.15, 0.2) is 11.0 Å². The number of nitrogen functional groups attached to an aromatic ring is 1. The lowest BCUT2D eigenvalue weighted by Gasteiger charge is -2.23. The summed E-state index contributed by atoms with van der Waals surface area (Å²) in [7, 11) is 0. The number of nitrogens with one attached hydrogen (secondary N) is 1. The minimum Gasteiger partial charge on any atom is -0.382 e. The van der Waals surface area contributed by atoms with Crippen molar-refractivity contribution in [2.45, 2.75) is 45.2 Å². The topological polar surface area (TPSA) is 75.0 Å². The first-order valence-corrected chi connectivity index (χ1v) is 7.90. The van der Waals surface area contributed by atoms with Gasteiger partial charge in [-0.25, -0.2) is 4.98 Å². The summed E-state index contributed by atoms with van der Waals surface area (Å²) in [4.78, 5) is 21.3. The van der Waals surface area contributed by atoms with Crippen LogP contribution in [0, 0.1) is 0 Å². The number of rotatable bonds is 8. The normalized spacial score (nSPS) is 10.7. The largest absolute Gasteiger partial charge is 0.382 e. The van der Waals surface area contributed by atoms with Crippen LogP contribution in [-0.4, -0.2) is 28.8 Å². The molecule has 0 aromatic carbocycles. The fraction of sp³-hybridized carbons (Fsp3) is 0.692. The fourth-order valence-corrected chi connectivity index (χ4v) is 2.64. The SMILES string of the molecule is CCCSc1nc(N)c(N(CCC)CCC)c(=O)[nH]1. The zero-order valence-corrected chi connectivity index (χ0v) is 12.8. The van der Waals surface area contributed by atoms with Crippen LogP contribution in [0.5, 0.6) is 0 Å². The molecule has 6 heteroatoms. The van der Waals surface area contributed by atoms with Crippen molar-refractivity contribution in [2.75, 3.05) is 29.5 Å². The Bertz CT molecular complexity index is 441. The zero-order valence-electron chi connectivity index (χ0n) is 12.0. The molecule has 0 amide bonds. The molecule has 0 unspecified atom stereocenters. The Hall–Kier alpha value is -1.17. The minimum atomic E-state index is -0.131. The van der Waals surface area contributed by atoms with E-state index in [1.807, 2.05) is 4.90 Å². The molecule has 5 nitrogen and oxygen atoms in total. The maximum Gasteiger partial charge on any atom is 0.277 e. The Balaban J connectivity index is 3.03. The third-order valence-corrected chi connectivity index (χ3v) is 3.73. The molecule has 0 saturated carbocycles. The van der Waals surface area contributed by atoms with Gasteiger partial charge in [0.1, 0.15) is 5.69 Å². The van der Waals surface area contributed by atoms with E-state index in [0.717, 1.165) is 38.1 Å². The van der Waals surface area contributed by atoms with Gasteiger partial charge in [-0.05, 0) is 19.3 Å². The van der Waals surface area contributed by atoms with Crippen molar-refractivity contribution < 1.29 is 0 Å². The predicted molar refractivity (Wildman–Crippen MR) is 83.1 cm³/mol. The van der Waals surface area contributed by atoms with E-state index in [4.69, 9.17) is 5.73 Å². The number of nitrogens with two attached hydrogens (primary N) is 1. The van der Waals surface area contributed by atoms with Crippen molar-refractivity contribution >= 4 is 23.3 Å². The van der Waals surface area contributed by atoms with Gasteiger partial charge in [0, 0.05) is 18.8 Å². The molecule has 0 aliphatic rings. The Morgan fingerprint density at radius 2 is 1.84 bits per heavy atom. The fourth-order valence-electron chi connectivity index (χ4n) is 1.91. The Labute approximate surface area is 119 Å². The lowest BCUT2D eigenvalue weighted by atomic mass is 10.3. The molecule has 0 spiro atoms. The van der Waals surface area contributed by atoms with Gasteiger partial charge in [-0.1, -0.05) is 32.5 Å². The number of thioether (sulfide) groups is 1. The highest BCUT2D eigenvalue weighted by atomic mass is 32.2. The third kappa shape index (κ3) is 4.45. The average molecular weight is 284 g/mol. The Morgan fingerprint density at radius 3 is 2.32 bits per heavy atom. The molecule has 108 valence electrons. The second-order valence-electron chi connectivity index (χ2n) is 4.44. The molecule has 0 bridgehead atoms. The highest BCUT2D eigenvalue weighted by molar-refractivity contribution is 7.99. The van der Waals surface area contributed by atoms with Crippen LogP contribution in [0.3, 0.4) is 0 Å². The van der Waals surface area contributed by atoms with E-state index < -0.39 is 0 Å². The number of hydrogen-bond donors (Lipinski definition) is 2. The monoisotopic (exact) mass is 284 g/mol. The summed E-state index contributed by atoms with van der Waals surface area (Å²) in [6.45, 7) is 7.92. The van der Waals surface area contributed by atoms with Gasteiger partial charge in [-0.15, -0.1) is 0 Å².